The van der Waals surface area contributed by atoms with Crippen molar-refractivity contribution in [3.63, 3.8) is 0 Å². The van der Waals surface area contributed by atoms with Crippen molar-refractivity contribution in [1.82, 2.24) is 15.1 Å². The van der Waals surface area contributed by atoms with Crippen molar-refractivity contribution < 1.29 is 0 Å². The average Bonchev–Trinajstić information content (AvgIpc) is 2.48. The molecule has 2 fully saturated rings. The average molecular weight is 324 g/mol. The van der Waals surface area contributed by atoms with Crippen molar-refractivity contribution in [2.75, 3.05) is 32.7 Å². The fourth-order valence-corrected chi connectivity index (χ4v) is 3.91. The SMILES string of the molecule is C=C1CC(NC(C)C)CN(CC2CCN(C(C)C)CC2)C1.CC. The van der Waals surface area contributed by atoms with Crippen molar-refractivity contribution in [2.24, 2.45) is 5.92 Å². The van der Waals surface area contributed by atoms with Crippen LogP contribution in [0.3, 0.4) is 0 Å². The van der Waals surface area contributed by atoms with Gasteiger partial charge in [0.05, 0.1) is 0 Å². The van der Waals surface area contributed by atoms with Crippen LogP contribution in [0, 0.1) is 5.92 Å². The monoisotopic (exact) mass is 323 g/mol. The first kappa shape index (κ1) is 20.7. The van der Waals surface area contributed by atoms with Crippen LogP contribution in [-0.2, 0) is 0 Å². The number of nitrogens with one attached hydrogen (secondary N) is 1. The lowest BCUT2D eigenvalue weighted by molar-refractivity contribution is 0.114. The highest BCUT2D eigenvalue weighted by Crippen LogP contribution is 2.23. The van der Waals surface area contributed by atoms with Crippen LogP contribution in [-0.4, -0.2) is 60.6 Å². The van der Waals surface area contributed by atoms with Crippen molar-refractivity contribution in [3.05, 3.63) is 12.2 Å². The van der Waals surface area contributed by atoms with Crippen LogP contribution in [0.25, 0.3) is 0 Å². The minimum absolute atomic E-state index is 0.567. The summed E-state index contributed by atoms with van der Waals surface area (Å²) in [5.41, 5.74) is 1.40. The number of nitrogens with zero attached hydrogens (tertiary/aromatic N) is 2. The smallest absolute Gasteiger partial charge is 0.0235 e. The second-order valence-corrected chi connectivity index (χ2v) is 7.74. The number of hydrogen-bond donors (Lipinski definition) is 1. The third kappa shape index (κ3) is 7.36. The Labute approximate surface area is 145 Å². The Bertz CT molecular complexity index is 330. The van der Waals surface area contributed by atoms with Gasteiger partial charge < -0.3 is 10.2 Å². The first-order chi connectivity index (χ1) is 10.9. The molecule has 136 valence electrons. The van der Waals surface area contributed by atoms with Crippen LogP contribution in [0.4, 0.5) is 0 Å². The molecule has 1 atom stereocenters. The number of hydrogen-bond acceptors (Lipinski definition) is 3. The fourth-order valence-electron chi connectivity index (χ4n) is 3.91. The molecule has 2 heterocycles. The second-order valence-electron chi connectivity index (χ2n) is 7.74. The summed E-state index contributed by atoms with van der Waals surface area (Å²) in [7, 11) is 0. The van der Waals surface area contributed by atoms with Gasteiger partial charge in [-0.15, -0.1) is 0 Å². The van der Waals surface area contributed by atoms with Gasteiger partial charge in [0, 0.05) is 37.8 Å². The molecule has 3 nitrogen and oxygen atoms in total. The van der Waals surface area contributed by atoms with E-state index < -0.39 is 0 Å². The zero-order chi connectivity index (χ0) is 17.4. The molecule has 0 radical (unpaired) electrons. The van der Waals surface area contributed by atoms with Gasteiger partial charge in [0.2, 0.25) is 0 Å². The molecule has 2 rings (SSSR count). The van der Waals surface area contributed by atoms with Crippen LogP contribution < -0.4 is 5.32 Å². The predicted molar refractivity (Wildman–Crippen MR) is 103 cm³/mol. The molecule has 0 aromatic rings. The van der Waals surface area contributed by atoms with Crippen molar-refractivity contribution >= 4 is 0 Å². The quantitative estimate of drug-likeness (QED) is 0.777. The lowest BCUT2D eigenvalue weighted by Gasteiger charge is -2.40. The molecular formula is C20H41N3. The van der Waals surface area contributed by atoms with Gasteiger partial charge in [-0.25, -0.2) is 0 Å². The van der Waals surface area contributed by atoms with Gasteiger partial charge >= 0.3 is 0 Å². The summed E-state index contributed by atoms with van der Waals surface area (Å²) in [4.78, 5) is 5.26. The van der Waals surface area contributed by atoms with Gasteiger partial charge in [-0.2, -0.15) is 0 Å². The summed E-state index contributed by atoms with van der Waals surface area (Å²) in [6.45, 7) is 23.5. The van der Waals surface area contributed by atoms with E-state index in [0.29, 0.717) is 18.1 Å². The third-order valence-electron chi connectivity index (χ3n) is 4.93. The van der Waals surface area contributed by atoms with E-state index in [9.17, 15) is 0 Å². The molecule has 0 amide bonds. The van der Waals surface area contributed by atoms with Gasteiger partial charge in [-0.05, 0) is 52.1 Å². The topological polar surface area (TPSA) is 18.5 Å². The Morgan fingerprint density at radius 2 is 1.74 bits per heavy atom. The summed E-state index contributed by atoms with van der Waals surface area (Å²) < 4.78 is 0. The highest BCUT2D eigenvalue weighted by Gasteiger charge is 2.27. The summed E-state index contributed by atoms with van der Waals surface area (Å²) >= 11 is 0. The van der Waals surface area contributed by atoms with Crippen LogP contribution in [0.5, 0.6) is 0 Å². The molecule has 3 heteroatoms. The van der Waals surface area contributed by atoms with E-state index in [2.05, 4.69) is 49.4 Å². The maximum absolute atomic E-state index is 4.26. The van der Waals surface area contributed by atoms with Crippen LogP contribution in [0.2, 0.25) is 0 Å². The fraction of sp³-hybridized carbons (Fsp3) is 0.900. The standard InChI is InChI=1S/C18H35N3.C2H6/c1-14(2)19-18-10-16(5)11-20(13-18)12-17-6-8-21(9-7-17)15(3)4;1-2/h14-15,17-19H,5-13H2,1-4H3;1-2H3. The van der Waals surface area contributed by atoms with Gasteiger partial charge in [0.15, 0.2) is 0 Å². The number of rotatable bonds is 5. The summed E-state index contributed by atoms with van der Waals surface area (Å²) in [5.74, 6) is 0.880. The lowest BCUT2D eigenvalue weighted by atomic mass is 9.93. The Morgan fingerprint density at radius 3 is 2.26 bits per heavy atom. The molecule has 1 unspecified atom stereocenters. The van der Waals surface area contributed by atoms with Crippen molar-refractivity contribution in [1.29, 1.82) is 0 Å². The Hall–Kier alpha value is -0.380. The minimum atomic E-state index is 0.567. The first-order valence-corrected chi connectivity index (χ1v) is 9.83. The Kier molecular flexibility index (Phi) is 9.41. The number of piperidine rings is 2. The van der Waals surface area contributed by atoms with Crippen molar-refractivity contribution in [2.45, 2.75) is 78.9 Å². The van der Waals surface area contributed by atoms with Gasteiger partial charge in [-0.3, -0.25) is 4.90 Å². The Balaban J connectivity index is 0.00000127. The summed E-state index contributed by atoms with van der Waals surface area (Å²) in [6.07, 6.45) is 3.88. The molecule has 1 N–H and O–H groups in total. The van der Waals surface area contributed by atoms with Crippen LogP contribution in [0.1, 0.15) is 60.8 Å². The van der Waals surface area contributed by atoms with Gasteiger partial charge in [-0.1, -0.05) is 39.8 Å². The molecule has 0 aliphatic carbocycles. The molecule has 2 saturated heterocycles. The maximum Gasteiger partial charge on any atom is 0.0235 e. The predicted octanol–water partition coefficient (Wildman–Crippen LogP) is 3.76. The van der Waals surface area contributed by atoms with E-state index in [-0.39, 0.29) is 0 Å². The Morgan fingerprint density at radius 1 is 1.13 bits per heavy atom. The zero-order valence-corrected chi connectivity index (χ0v) is 16.6. The molecule has 0 aromatic heterocycles. The second kappa shape index (κ2) is 10.5. The maximum atomic E-state index is 4.26. The molecule has 23 heavy (non-hydrogen) atoms. The molecule has 2 aliphatic rings. The summed E-state index contributed by atoms with van der Waals surface area (Å²) in [6, 6.07) is 1.87. The van der Waals surface area contributed by atoms with Gasteiger partial charge in [0.1, 0.15) is 0 Å². The largest absolute Gasteiger partial charge is 0.310 e. The minimum Gasteiger partial charge on any atom is -0.310 e. The van der Waals surface area contributed by atoms with E-state index in [1.807, 2.05) is 13.8 Å². The highest BCUT2D eigenvalue weighted by molar-refractivity contribution is 5.06. The van der Waals surface area contributed by atoms with E-state index in [1.165, 1.54) is 44.6 Å². The molecule has 0 bridgehead atoms. The van der Waals surface area contributed by atoms with Crippen LogP contribution >= 0.6 is 0 Å². The molecule has 0 spiro atoms. The third-order valence-corrected chi connectivity index (χ3v) is 4.93. The van der Waals surface area contributed by atoms with Gasteiger partial charge in [0.25, 0.3) is 0 Å². The highest BCUT2D eigenvalue weighted by atomic mass is 15.2. The first-order valence-electron chi connectivity index (χ1n) is 9.83. The lowest BCUT2D eigenvalue weighted by Crippen LogP contribution is -2.50. The van der Waals surface area contributed by atoms with E-state index in [1.54, 1.807) is 0 Å². The molecule has 2 aliphatic heterocycles. The number of likely N-dealkylation sites (tertiary alicyclic amines) is 2. The molecule has 0 aromatic carbocycles. The molecular weight excluding hydrogens is 282 g/mol. The van der Waals surface area contributed by atoms with E-state index in [4.69, 9.17) is 0 Å². The van der Waals surface area contributed by atoms with Crippen LogP contribution in [0.15, 0.2) is 12.2 Å². The molecule has 0 saturated carbocycles. The summed E-state index contributed by atoms with van der Waals surface area (Å²) in [5, 5.41) is 3.69. The van der Waals surface area contributed by atoms with E-state index >= 15 is 0 Å². The van der Waals surface area contributed by atoms with E-state index in [0.717, 1.165) is 18.9 Å². The zero-order valence-electron chi connectivity index (χ0n) is 16.6. The van der Waals surface area contributed by atoms with Crippen molar-refractivity contribution in [3.8, 4) is 0 Å². The normalized spacial score (nSPS) is 24.9.